The Kier molecular flexibility index (Phi) is 2.83. The maximum atomic E-state index is 11.8. The Hall–Kier alpha value is -1.55. The number of hydrogen-bond donors (Lipinski definition) is 2. The van der Waals surface area contributed by atoms with Gasteiger partial charge in [-0.1, -0.05) is 18.2 Å². The molecule has 0 aliphatic carbocycles. The van der Waals surface area contributed by atoms with E-state index in [0.29, 0.717) is 24.2 Å². The number of carbonyl (C=O) groups is 1. The Morgan fingerprint density at radius 2 is 2.19 bits per heavy atom. The minimum absolute atomic E-state index is 0.00393. The lowest BCUT2D eigenvalue weighted by molar-refractivity contribution is -0.132. The van der Waals surface area contributed by atoms with Gasteiger partial charge in [0.2, 0.25) is 5.91 Å². The molecule has 0 radical (unpaired) electrons. The molecule has 86 valence electrons. The van der Waals surface area contributed by atoms with E-state index in [0.717, 1.165) is 0 Å². The summed E-state index contributed by atoms with van der Waals surface area (Å²) in [5.41, 5.74) is 6.97. The zero-order chi connectivity index (χ0) is 11.7. The van der Waals surface area contributed by atoms with Gasteiger partial charge in [0.25, 0.3) is 0 Å². The number of para-hydroxylation sites is 1. The Morgan fingerprint density at radius 3 is 2.75 bits per heavy atom. The molecule has 16 heavy (non-hydrogen) atoms. The number of rotatable bonds is 2. The summed E-state index contributed by atoms with van der Waals surface area (Å²) < 4.78 is 0. The third kappa shape index (κ3) is 1.76. The molecule has 4 nitrogen and oxygen atoms in total. The highest BCUT2D eigenvalue weighted by Crippen LogP contribution is 2.32. The third-order valence-electron chi connectivity index (χ3n) is 3.16. The molecular formula is C12H16N2O2. The molecule has 1 heterocycles. The highest BCUT2D eigenvalue weighted by Gasteiger charge is 2.35. The topological polar surface area (TPSA) is 66.6 Å². The maximum absolute atomic E-state index is 11.8. The van der Waals surface area contributed by atoms with Crippen molar-refractivity contribution in [3.05, 3.63) is 29.8 Å². The Balaban J connectivity index is 2.23. The first-order valence-electron chi connectivity index (χ1n) is 5.38. The number of nitrogen functional groups attached to an aromatic ring is 1. The van der Waals surface area contributed by atoms with Crippen molar-refractivity contribution in [3.8, 4) is 0 Å². The van der Waals surface area contributed by atoms with Gasteiger partial charge >= 0.3 is 0 Å². The molecule has 2 unspecified atom stereocenters. The zero-order valence-corrected chi connectivity index (χ0v) is 9.26. The fourth-order valence-electron chi connectivity index (χ4n) is 2.14. The molecule has 1 fully saturated rings. The van der Waals surface area contributed by atoms with Crippen molar-refractivity contribution in [2.45, 2.75) is 12.5 Å². The summed E-state index contributed by atoms with van der Waals surface area (Å²) >= 11 is 0. The lowest BCUT2D eigenvalue weighted by Gasteiger charge is -2.18. The highest BCUT2D eigenvalue weighted by atomic mass is 16.3. The molecule has 0 spiro atoms. The van der Waals surface area contributed by atoms with Crippen LogP contribution in [0, 0.1) is 5.92 Å². The number of carbonyl (C=O) groups excluding carboxylic acids is 1. The molecule has 0 bridgehead atoms. The lowest BCUT2D eigenvalue weighted by Crippen LogP contribution is -2.26. The largest absolute Gasteiger partial charge is 0.398 e. The number of anilines is 1. The second kappa shape index (κ2) is 4.14. The predicted octanol–water partition coefficient (Wildman–Crippen LogP) is 0.780. The summed E-state index contributed by atoms with van der Waals surface area (Å²) in [5.74, 6) is -0.356. The van der Waals surface area contributed by atoms with Crippen LogP contribution < -0.4 is 5.73 Å². The van der Waals surface area contributed by atoms with Crippen LogP contribution in [0.3, 0.4) is 0 Å². The van der Waals surface area contributed by atoms with Crippen molar-refractivity contribution in [3.63, 3.8) is 0 Å². The van der Waals surface area contributed by atoms with Crippen LogP contribution in [-0.2, 0) is 4.79 Å². The number of nitrogens with zero attached hydrogens (tertiary/aromatic N) is 1. The van der Waals surface area contributed by atoms with Crippen LogP contribution in [-0.4, -0.2) is 29.5 Å². The number of amides is 1. The summed E-state index contributed by atoms with van der Waals surface area (Å²) in [4.78, 5) is 13.4. The first-order valence-corrected chi connectivity index (χ1v) is 5.38. The van der Waals surface area contributed by atoms with E-state index in [9.17, 15) is 9.90 Å². The van der Waals surface area contributed by atoms with E-state index in [-0.39, 0.29) is 11.8 Å². The summed E-state index contributed by atoms with van der Waals surface area (Å²) in [6.07, 6.45) is -0.108. The third-order valence-corrected chi connectivity index (χ3v) is 3.16. The zero-order valence-electron chi connectivity index (χ0n) is 9.26. The number of aliphatic hydroxyl groups excluding tert-OH is 1. The molecule has 0 saturated carbocycles. The average Bonchev–Trinajstić information content (AvgIpc) is 2.60. The molecule has 2 atom stereocenters. The van der Waals surface area contributed by atoms with Crippen LogP contribution in [0.25, 0.3) is 0 Å². The number of aliphatic hydroxyl groups is 1. The van der Waals surface area contributed by atoms with E-state index in [1.54, 1.807) is 24.1 Å². The number of likely N-dealkylation sites (tertiary alicyclic amines) is 1. The van der Waals surface area contributed by atoms with Gasteiger partial charge in [-0.25, -0.2) is 0 Å². The van der Waals surface area contributed by atoms with E-state index < -0.39 is 6.10 Å². The molecule has 1 aliphatic heterocycles. The van der Waals surface area contributed by atoms with Gasteiger partial charge < -0.3 is 15.7 Å². The molecule has 4 heteroatoms. The Labute approximate surface area is 94.7 Å². The van der Waals surface area contributed by atoms with Gasteiger partial charge in [-0.05, 0) is 12.5 Å². The van der Waals surface area contributed by atoms with Crippen LogP contribution in [0.4, 0.5) is 5.69 Å². The van der Waals surface area contributed by atoms with E-state index in [1.165, 1.54) is 0 Å². The summed E-state index contributed by atoms with van der Waals surface area (Å²) in [5, 5.41) is 10.2. The standard InChI is InChI=1S/C12H16N2O2/c1-14-7-6-9(12(14)16)11(15)8-4-2-3-5-10(8)13/h2-5,9,11,15H,6-7,13H2,1H3. The van der Waals surface area contributed by atoms with Gasteiger partial charge in [0.1, 0.15) is 0 Å². The predicted molar refractivity (Wildman–Crippen MR) is 61.6 cm³/mol. The summed E-state index contributed by atoms with van der Waals surface area (Å²) in [6.45, 7) is 0.702. The molecule has 2 rings (SSSR count). The molecule has 1 aromatic rings. The number of benzene rings is 1. The minimum atomic E-state index is -0.793. The molecule has 0 aromatic heterocycles. The van der Waals surface area contributed by atoms with Gasteiger partial charge in [0.15, 0.2) is 0 Å². The van der Waals surface area contributed by atoms with Crippen molar-refractivity contribution in [2.24, 2.45) is 5.92 Å². The minimum Gasteiger partial charge on any atom is -0.398 e. The molecule has 3 N–H and O–H groups in total. The second-order valence-corrected chi connectivity index (χ2v) is 4.23. The first kappa shape index (κ1) is 11.0. The smallest absolute Gasteiger partial charge is 0.228 e. The summed E-state index contributed by atoms with van der Waals surface area (Å²) in [6, 6.07) is 7.14. The fourth-order valence-corrected chi connectivity index (χ4v) is 2.14. The van der Waals surface area contributed by atoms with Crippen molar-refractivity contribution in [2.75, 3.05) is 19.3 Å². The van der Waals surface area contributed by atoms with Crippen molar-refractivity contribution in [1.29, 1.82) is 0 Å². The van der Waals surface area contributed by atoms with E-state index in [4.69, 9.17) is 5.73 Å². The lowest BCUT2D eigenvalue weighted by atomic mass is 9.93. The number of hydrogen-bond acceptors (Lipinski definition) is 3. The van der Waals surface area contributed by atoms with Gasteiger partial charge in [-0.15, -0.1) is 0 Å². The quantitative estimate of drug-likeness (QED) is 0.724. The van der Waals surface area contributed by atoms with Crippen molar-refractivity contribution in [1.82, 2.24) is 4.90 Å². The maximum Gasteiger partial charge on any atom is 0.228 e. The SMILES string of the molecule is CN1CCC(C(O)c2ccccc2N)C1=O. The van der Waals surface area contributed by atoms with Gasteiger partial charge in [0, 0.05) is 24.8 Å². The fraction of sp³-hybridized carbons (Fsp3) is 0.417. The van der Waals surface area contributed by atoms with Gasteiger partial charge in [-0.3, -0.25) is 4.79 Å². The monoisotopic (exact) mass is 220 g/mol. The van der Waals surface area contributed by atoms with E-state index >= 15 is 0 Å². The Morgan fingerprint density at radius 1 is 1.50 bits per heavy atom. The highest BCUT2D eigenvalue weighted by molar-refractivity contribution is 5.81. The Bertz CT molecular complexity index is 406. The second-order valence-electron chi connectivity index (χ2n) is 4.23. The molecule has 1 aliphatic rings. The van der Waals surface area contributed by atoms with E-state index in [2.05, 4.69) is 0 Å². The summed E-state index contributed by atoms with van der Waals surface area (Å²) in [7, 11) is 1.75. The van der Waals surface area contributed by atoms with Crippen LogP contribution in [0.1, 0.15) is 18.1 Å². The van der Waals surface area contributed by atoms with Crippen LogP contribution in [0.15, 0.2) is 24.3 Å². The molecule has 1 saturated heterocycles. The molecular weight excluding hydrogens is 204 g/mol. The van der Waals surface area contributed by atoms with Gasteiger partial charge in [0.05, 0.1) is 12.0 Å². The first-order chi connectivity index (χ1) is 7.61. The molecule has 1 amide bonds. The average molecular weight is 220 g/mol. The van der Waals surface area contributed by atoms with E-state index in [1.807, 2.05) is 12.1 Å². The number of nitrogens with two attached hydrogens (primary N) is 1. The van der Waals surface area contributed by atoms with Crippen LogP contribution >= 0.6 is 0 Å². The normalized spacial score (nSPS) is 22.5. The molecule has 1 aromatic carbocycles. The van der Waals surface area contributed by atoms with Crippen molar-refractivity contribution >= 4 is 11.6 Å². The van der Waals surface area contributed by atoms with Gasteiger partial charge in [-0.2, -0.15) is 0 Å². The van der Waals surface area contributed by atoms with Crippen LogP contribution in [0.2, 0.25) is 0 Å². The van der Waals surface area contributed by atoms with Crippen molar-refractivity contribution < 1.29 is 9.90 Å². The van der Waals surface area contributed by atoms with Crippen LogP contribution in [0.5, 0.6) is 0 Å².